The van der Waals surface area contributed by atoms with Crippen molar-refractivity contribution in [3.63, 3.8) is 0 Å². The largest absolute Gasteiger partial charge is 0.463 e. The molecule has 6 heteroatoms. The van der Waals surface area contributed by atoms with Crippen LogP contribution in [0.4, 0.5) is 0 Å². The molecular weight excluding hydrogens is 308 g/mol. The fourth-order valence-electron chi connectivity index (χ4n) is 3.45. The lowest BCUT2D eigenvalue weighted by Gasteiger charge is -2.29. The fourth-order valence-corrected chi connectivity index (χ4v) is 3.45. The highest BCUT2D eigenvalue weighted by molar-refractivity contribution is 5.95. The van der Waals surface area contributed by atoms with Crippen molar-refractivity contribution in [3.8, 4) is 0 Å². The van der Waals surface area contributed by atoms with Crippen LogP contribution in [0.3, 0.4) is 0 Å². The molecule has 130 valence electrons. The SMILES string of the molecule is CCOC(=O)c1cc2occc2n1CC(=O)N[C@H]1CCCC[C@@H]1C. The number of ether oxygens (including phenoxy) is 1. The molecule has 1 amide bonds. The van der Waals surface area contributed by atoms with Gasteiger partial charge < -0.3 is 19.0 Å². The maximum Gasteiger partial charge on any atom is 0.355 e. The number of aromatic nitrogens is 1. The summed E-state index contributed by atoms with van der Waals surface area (Å²) >= 11 is 0. The van der Waals surface area contributed by atoms with Gasteiger partial charge in [-0.3, -0.25) is 4.79 Å². The van der Waals surface area contributed by atoms with Crippen LogP contribution in [0.15, 0.2) is 22.8 Å². The predicted octanol–water partition coefficient (Wildman–Crippen LogP) is 3.11. The summed E-state index contributed by atoms with van der Waals surface area (Å²) in [6.45, 7) is 4.31. The van der Waals surface area contributed by atoms with E-state index in [0.717, 1.165) is 24.8 Å². The Morgan fingerprint density at radius 2 is 2.17 bits per heavy atom. The third-order valence-electron chi connectivity index (χ3n) is 4.77. The summed E-state index contributed by atoms with van der Waals surface area (Å²) in [5.74, 6) is -0.0356. The van der Waals surface area contributed by atoms with Crippen LogP contribution >= 0.6 is 0 Å². The quantitative estimate of drug-likeness (QED) is 0.854. The Labute approximate surface area is 141 Å². The third kappa shape index (κ3) is 3.32. The van der Waals surface area contributed by atoms with E-state index >= 15 is 0 Å². The molecule has 24 heavy (non-hydrogen) atoms. The Bertz CT molecular complexity index is 731. The second kappa shape index (κ2) is 7.11. The van der Waals surface area contributed by atoms with E-state index in [1.54, 1.807) is 29.9 Å². The molecule has 2 atom stereocenters. The molecule has 0 aliphatic heterocycles. The summed E-state index contributed by atoms with van der Waals surface area (Å²) in [6.07, 6.45) is 6.10. The number of hydrogen-bond donors (Lipinski definition) is 1. The van der Waals surface area contributed by atoms with Gasteiger partial charge in [-0.15, -0.1) is 0 Å². The molecule has 1 aliphatic rings. The highest BCUT2D eigenvalue weighted by Crippen LogP contribution is 2.24. The van der Waals surface area contributed by atoms with Crippen molar-refractivity contribution < 1.29 is 18.7 Å². The molecule has 1 saturated carbocycles. The van der Waals surface area contributed by atoms with E-state index in [9.17, 15) is 9.59 Å². The molecule has 2 heterocycles. The van der Waals surface area contributed by atoms with Crippen molar-refractivity contribution in [1.29, 1.82) is 0 Å². The number of amides is 1. The predicted molar refractivity (Wildman–Crippen MR) is 89.7 cm³/mol. The average molecular weight is 332 g/mol. The molecule has 2 aromatic heterocycles. The molecule has 0 unspecified atom stereocenters. The lowest BCUT2D eigenvalue weighted by molar-refractivity contribution is -0.122. The van der Waals surface area contributed by atoms with Gasteiger partial charge in [0.15, 0.2) is 5.58 Å². The van der Waals surface area contributed by atoms with E-state index < -0.39 is 5.97 Å². The number of carbonyl (C=O) groups is 2. The van der Waals surface area contributed by atoms with Gasteiger partial charge in [-0.1, -0.05) is 19.8 Å². The number of fused-ring (bicyclic) bond motifs is 1. The Kier molecular flexibility index (Phi) is 4.92. The van der Waals surface area contributed by atoms with E-state index in [-0.39, 0.29) is 25.1 Å². The summed E-state index contributed by atoms with van der Waals surface area (Å²) in [5.41, 5.74) is 1.65. The highest BCUT2D eigenvalue weighted by atomic mass is 16.5. The summed E-state index contributed by atoms with van der Waals surface area (Å²) in [5, 5.41) is 3.12. The van der Waals surface area contributed by atoms with Gasteiger partial charge in [-0.05, 0) is 25.7 Å². The summed E-state index contributed by atoms with van der Waals surface area (Å²) in [4.78, 5) is 24.6. The van der Waals surface area contributed by atoms with Crippen LogP contribution in [0.25, 0.3) is 11.1 Å². The van der Waals surface area contributed by atoms with E-state index in [1.807, 2.05) is 0 Å². The van der Waals surface area contributed by atoms with Crippen molar-refractivity contribution in [2.45, 2.75) is 52.1 Å². The Morgan fingerprint density at radius 1 is 1.38 bits per heavy atom. The second-order valence-corrected chi connectivity index (χ2v) is 6.44. The summed E-state index contributed by atoms with van der Waals surface area (Å²) < 4.78 is 12.1. The standard InChI is InChI=1S/C18H24N2O4/c1-3-23-18(22)15-10-16-14(8-9-24-16)20(15)11-17(21)19-13-7-5-4-6-12(13)2/h8-10,12-13H,3-7,11H2,1-2H3,(H,19,21)/t12-,13-/m0/s1. The minimum atomic E-state index is -0.442. The van der Waals surface area contributed by atoms with Gasteiger partial charge in [0.05, 0.1) is 18.4 Å². The molecule has 0 spiro atoms. The van der Waals surface area contributed by atoms with Crippen LogP contribution in [0.1, 0.15) is 50.0 Å². The zero-order valence-electron chi connectivity index (χ0n) is 14.2. The molecule has 0 aromatic carbocycles. The Morgan fingerprint density at radius 3 is 2.92 bits per heavy atom. The van der Waals surface area contributed by atoms with Crippen molar-refractivity contribution >= 4 is 23.0 Å². The number of nitrogens with zero attached hydrogens (tertiary/aromatic N) is 1. The van der Waals surface area contributed by atoms with E-state index in [2.05, 4.69) is 12.2 Å². The van der Waals surface area contributed by atoms with Gasteiger partial charge in [0.2, 0.25) is 5.91 Å². The molecule has 0 saturated heterocycles. The van der Waals surface area contributed by atoms with Crippen LogP contribution in [0.2, 0.25) is 0 Å². The molecule has 1 aliphatic carbocycles. The van der Waals surface area contributed by atoms with Gasteiger partial charge in [-0.2, -0.15) is 0 Å². The zero-order chi connectivity index (χ0) is 17.1. The molecule has 0 bridgehead atoms. The van der Waals surface area contributed by atoms with Crippen LogP contribution < -0.4 is 5.32 Å². The first-order valence-electron chi connectivity index (χ1n) is 8.63. The number of hydrogen-bond acceptors (Lipinski definition) is 4. The number of carbonyl (C=O) groups excluding carboxylic acids is 2. The van der Waals surface area contributed by atoms with Crippen LogP contribution in [0.5, 0.6) is 0 Å². The first-order chi connectivity index (χ1) is 11.6. The van der Waals surface area contributed by atoms with Crippen LogP contribution in [-0.4, -0.2) is 29.1 Å². The summed E-state index contributed by atoms with van der Waals surface area (Å²) in [6, 6.07) is 3.60. The summed E-state index contributed by atoms with van der Waals surface area (Å²) in [7, 11) is 0. The van der Waals surface area contributed by atoms with Gasteiger partial charge >= 0.3 is 5.97 Å². The van der Waals surface area contributed by atoms with E-state index in [0.29, 0.717) is 17.2 Å². The van der Waals surface area contributed by atoms with Crippen LogP contribution in [0, 0.1) is 5.92 Å². The zero-order valence-corrected chi connectivity index (χ0v) is 14.2. The Balaban J connectivity index is 1.77. The van der Waals surface area contributed by atoms with Crippen molar-refractivity contribution in [2.75, 3.05) is 6.61 Å². The second-order valence-electron chi connectivity index (χ2n) is 6.44. The number of furan rings is 1. The van der Waals surface area contributed by atoms with Crippen molar-refractivity contribution in [2.24, 2.45) is 5.92 Å². The maximum absolute atomic E-state index is 12.5. The fraction of sp³-hybridized carbons (Fsp3) is 0.556. The molecular formula is C18H24N2O4. The lowest BCUT2D eigenvalue weighted by atomic mass is 9.86. The topological polar surface area (TPSA) is 73.5 Å². The molecule has 1 fully saturated rings. The minimum Gasteiger partial charge on any atom is -0.463 e. The number of esters is 1. The molecule has 3 rings (SSSR count). The van der Waals surface area contributed by atoms with Gasteiger partial charge in [0.1, 0.15) is 12.2 Å². The molecule has 1 N–H and O–H groups in total. The molecule has 6 nitrogen and oxygen atoms in total. The highest BCUT2D eigenvalue weighted by Gasteiger charge is 2.25. The first kappa shape index (κ1) is 16.6. The van der Waals surface area contributed by atoms with Crippen LogP contribution in [-0.2, 0) is 16.1 Å². The maximum atomic E-state index is 12.5. The van der Waals surface area contributed by atoms with E-state index in [1.165, 1.54) is 6.42 Å². The normalized spacial score (nSPS) is 20.9. The van der Waals surface area contributed by atoms with Crippen molar-refractivity contribution in [3.05, 3.63) is 24.1 Å². The van der Waals surface area contributed by atoms with Gasteiger partial charge in [0.25, 0.3) is 0 Å². The van der Waals surface area contributed by atoms with Gasteiger partial charge in [-0.25, -0.2) is 4.79 Å². The number of nitrogens with one attached hydrogen (secondary N) is 1. The third-order valence-corrected chi connectivity index (χ3v) is 4.77. The Hall–Kier alpha value is -2.24. The smallest absolute Gasteiger partial charge is 0.355 e. The molecule has 2 aromatic rings. The minimum absolute atomic E-state index is 0.0837. The van der Waals surface area contributed by atoms with E-state index in [4.69, 9.17) is 9.15 Å². The van der Waals surface area contributed by atoms with Gasteiger partial charge in [0, 0.05) is 18.2 Å². The average Bonchev–Trinajstić information content (AvgIpc) is 3.12. The first-order valence-corrected chi connectivity index (χ1v) is 8.63. The molecule has 0 radical (unpaired) electrons. The number of rotatable bonds is 5. The van der Waals surface area contributed by atoms with Crippen molar-refractivity contribution in [1.82, 2.24) is 9.88 Å². The lowest BCUT2D eigenvalue weighted by Crippen LogP contribution is -2.42. The monoisotopic (exact) mass is 332 g/mol.